The summed E-state index contributed by atoms with van der Waals surface area (Å²) in [4.78, 5) is 0. The van der Waals surface area contributed by atoms with Crippen LogP contribution in [-0.4, -0.2) is 33.4 Å². The molecule has 1 N–H and O–H groups in total. The second-order valence-electron chi connectivity index (χ2n) is 4.76. The minimum atomic E-state index is 0.562. The van der Waals surface area contributed by atoms with Crippen molar-refractivity contribution in [2.45, 2.75) is 44.9 Å². The number of aryl methyl sites for hydroxylation is 1. The number of hydrogen-bond donors (Lipinski definition) is 1. The molecule has 1 unspecified atom stereocenters. The molecule has 0 saturated heterocycles. The minimum absolute atomic E-state index is 0.562. The number of thioether (sulfide) groups is 1. The molecule has 1 aromatic heterocycles. The Labute approximate surface area is 109 Å². The molecule has 0 radical (unpaired) electrons. The Kier molecular flexibility index (Phi) is 6.66. The predicted octanol–water partition coefficient (Wildman–Crippen LogP) is 2.47. The molecule has 1 rings (SSSR count). The molecule has 0 spiro atoms. The van der Waals surface area contributed by atoms with Crippen LogP contribution >= 0.6 is 11.8 Å². The molecule has 1 heterocycles. The van der Waals surface area contributed by atoms with Crippen LogP contribution in [0, 0.1) is 0 Å². The topological polar surface area (TPSA) is 29.9 Å². The molecule has 0 bridgehead atoms. The van der Waals surface area contributed by atoms with E-state index < -0.39 is 0 Å². The van der Waals surface area contributed by atoms with E-state index in [9.17, 15) is 0 Å². The first-order valence-corrected chi connectivity index (χ1v) is 7.49. The zero-order valence-corrected chi connectivity index (χ0v) is 12.3. The number of nitrogens with one attached hydrogen (secondary N) is 1. The fourth-order valence-electron chi connectivity index (χ4n) is 1.71. The van der Waals surface area contributed by atoms with Gasteiger partial charge in [-0.15, -0.1) is 0 Å². The average molecular weight is 255 g/mol. The molecule has 0 aliphatic carbocycles. The number of nitrogens with zero attached hydrogens (tertiary/aromatic N) is 2. The standard InChI is InChI=1S/C13H25N3S/c1-5-6-14-13(10-17-11(2)3)7-12-8-15-16(4)9-12/h8-9,11,13-14H,5-7,10H2,1-4H3. The van der Waals surface area contributed by atoms with Gasteiger partial charge in [-0.1, -0.05) is 20.8 Å². The van der Waals surface area contributed by atoms with Crippen molar-refractivity contribution in [2.24, 2.45) is 7.05 Å². The van der Waals surface area contributed by atoms with E-state index in [4.69, 9.17) is 0 Å². The van der Waals surface area contributed by atoms with Gasteiger partial charge in [0.1, 0.15) is 0 Å². The Morgan fingerprint density at radius 3 is 2.76 bits per heavy atom. The Morgan fingerprint density at radius 1 is 1.47 bits per heavy atom. The van der Waals surface area contributed by atoms with Gasteiger partial charge >= 0.3 is 0 Å². The summed E-state index contributed by atoms with van der Waals surface area (Å²) in [7, 11) is 1.97. The number of aromatic nitrogens is 2. The Morgan fingerprint density at radius 2 is 2.24 bits per heavy atom. The lowest BCUT2D eigenvalue weighted by molar-refractivity contribution is 0.549. The fourth-order valence-corrected chi connectivity index (χ4v) is 2.56. The van der Waals surface area contributed by atoms with E-state index in [1.54, 1.807) is 0 Å². The van der Waals surface area contributed by atoms with E-state index in [1.165, 1.54) is 17.7 Å². The Balaban J connectivity index is 2.44. The van der Waals surface area contributed by atoms with E-state index >= 15 is 0 Å². The molecule has 4 heteroatoms. The maximum atomic E-state index is 4.23. The van der Waals surface area contributed by atoms with Crippen molar-refractivity contribution in [3.05, 3.63) is 18.0 Å². The summed E-state index contributed by atoms with van der Waals surface area (Å²) in [5.74, 6) is 1.17. The third-order valence-corrected chi connectivity index (χ3v) is 3.82. The lowest BCUT2D eigenvalue weighted by atomic mass is 10.1. The van der Waals surface area contributed by atoms with Crippen molar-refractivity contribution in [3.63, 3.8) is 0 Å². The highest BCUT2D eigenvalue weighted by Gasteiger charge is 2.11. The molecular weight excluding hydrogens is 230 g/mol. The van der Waals surface area contributed by atoms with Crippen LogP contribution in [0.1, 0.15) is 32.8 Å². The van der Waals surface area contributed by atoms with Crippen LogP contribution in [0.3, 0.4) is 0 Å². The Bertz CT molecular complexity index is 309. The largest absolute Gasteiger partial charge is 0.313 e. The molecule has 0 aromatic carbocycles. The Hall–Kier alpha value is -0.480. The molecule has 1 atom stereocenters. The first-order valence-electron chi connectivity index (χ1n) is 6.44. The molecular formula is C13H25N3S. The van der Waals surface area contributed by atoms with Crippen LogP contribution in [0.15, 0.2) is 12.4 Å². The van der Waals surface area contributed by atoms with E-state index in [2.05, 4.69) is 37.4 Å². The van der Waals surface area contributed by atoms with Crippen molar-refractivity contribution >= 4 is 11.8 Å². The van der Waals surface area contributed by atoms with E-state index in [0.717, 1.165) is 13.0 Å². The monoisotopic (exact) mass is 255 g/mol. The van der Waals surface area contributed by atoms with Crippen LogP contribution in [0.25, 0.3) is 0 Å². The smallest absolute Gasteiger partial charge is 0.0522 e. The van der Waals surface area contributed by atoms with Crippen LogP contribution in [-0.2, 0) is 13.5 Å². The van der Waals surface area contributed by atoms with Crippen molar-refractivity contribution in [3.8, 4) is 0 Å². The summed E-state index contributed by atoms with van der Waals surface area (Å²) < 4.78 is 1.88. The lowest BCUT2D eigenvalue weighted by Gasteiger charge is -2.18. The van der Waals surface area contributed by atoms with Gasteiger partial charge in [-0.05, 0) is 30.2 Å². The highest BCUT2D eigenvalue weighted by atomic mass is 32.2. The maximum absolute atomic E-state index is 4.23. The summed E-state index contributed by atoms with van der Waals surface area (Å²) in [6.45, 7) is 7.82. The van der Waals surface area contributed by atoms with Crippen LogP contribution < -0.4 is 5.32 Å². The maximum Gasteiger partial charge on any atom is 0.0522 e. The van der Waals surface area contributed by atoms with Crippen LogP contribution in [0.5, 0.6) is 0 Å². The van der Waals surface area contributed by atoms with Crippen molar-refractivity contribution < 1.29 is 0 Å². The molecule has 3 nitrogen and oxygen atoms in total. The second-order valence-corrected chi connectivity index (χ2v) is 6.37. The average Bonchev–Trinajstić information content (AvgIpc) is 2.68. The second kappa shape index (κ2) is 7.77. The van der Waals surface area contributed by atoms with E-state index in [-0.39, 0.29) is 0 Å². The van der Waals surface area contributed by atoms with Crippen LogP contribution in [0.2, 0.25) is 0 Å². The molecule has 0 aliphatic heterocycles. The van der Waals surface area contributed by atoms with Gasteiger partial charge in [0, 0.05) is 25.0 Å². The first kappa shape index (κ1) is 14.6. The number of rotatable bonds is 8. The fraction of sp³-hybridized carbons (Fsp3) is 0.769. The third-order valence-electron chi connectivity index (χ3n) is 2.55. The zero-order chi connectivity index (χ0) is 12.7. The van der Waals surface area contributed by atoms with Gasteiger partial charge < -0.3 is 5.32 Å². The first-order chi connectivity index (χ1) is 8.11. The highest BCUT2D eigenvalue weighted by molar-refractivity contribution is 7.99. The summed E-state index contributed by atoms with van der Waals surface area (Å²) in [5.41, 5.74) is 1.32. The van der Waals surface area contributed by atoms with Crippen molar-refractivity contribution in [1.29, 1.82) is 0 Å². The minimum Gasteiger partial charge on any atom is -0.313 e. The van der Waals surface area contributed by atoms with Gasteiger partial charge in [0.25, 0.3) is 0 Å². The highest BCUT2D eigenvalue weighted by Crippen LogP contribution is 2.13. The van der Waals surface area contributed by atoms with Crippen LogP contribution in [0.4, 0.5) is 0 Å². The van der Waals surface area contributed by atoms with Gasteiger partial charge in [0.2, 0.25) is 0 Å². The zero-order valence-electron chi connectivity index (χ0n) is 11.4. The predicted molar refractivity (Wildman–Crippen MR) is 76.6 cm³/mol. The van der Waals surface area contributed by atoms with Gasteiger partial charge in [-0.2, -0.15) is 16.9 Å². The summed E-state index contributed by atoms with van der Waals surface area (Å²) in [6.07, 6.45) is 6.35. The van der Waals surface area contributed by atoms with Crippen molar-refractivity contribution in [2.75, 3.05) is 12.3 Å². The van der Waals surface area contributed by atoms with E-state index in [1.807, 2.05) is 29.7 Å². The molecule has 1 aromatic rings. The summed E-state index contributed by atoms with van der Waals surface area (Å²) >= 11 is 2.03. The van der Waals surface area contributed by atoms with E-state index in [0.29, 0.717) is 11.3 Å². The van der Waals surface area contributed by atoms with Gasteiger partial charge in [-0.3, -0.25) is 4.68 Å². The SMILES string of the molecule is CCCNC(CSC(C)C)Cc1cnn(C)c1. The van der Waals surface area contributed by atoms with Gasteiger partial charge in [0.05, 0.1) is 6.20 Å². The van der Waals surface area contributed by atoms with Gasteiger partial charge in [0.15, 0.2) is 0 Å². The molecule has 0 fully saturated rings. The molecule has 98 valence electrons. The number of hydrogen-bond acceptors (Lipinski definition) is 3. The summed E-state index contributed by atoms with van der Waals surface area (Å²) in [6, 6.07) is 0.562. The molecule has 0 saturated carbocycles. The van der Waals surface area contributed by atoms with Crippen molar-refractivity contribution in [1.82, 2.24) is 15.1 Å². The summed E-state index contributed by atoms with van der Waals surface area (Å²) in [5, 5.41) is 8.56. The third kappa shape index (κ3) is 6.13. The normalized spacial score (nSPS) is 13.2. The quantitative estimate of drug-likeness (QED) is 0.774. The molecule has 0 amide bonds. The molecule has 0 aliphatic rings. The lowest BCUT2D eigenvalue weighted by Crippen LogP contribution is -2.34. The van der Waals surface area contributed by atoms with Gasteiger partial charge in [-0.25, -0.2) is 0 Å². The molecule has 17 heavy (non-hydrogen) atoms.